The fraction of sp³-hybridized carbons (Fsp3) is 0.467. The summed E-state index contributed by atoms with van der Waals surface area (Å²) in [5.74, 6) is -0.943. The highest BCUT2D eigenvalue weighted by molar-refractivity contribution is 5.88. The molecule has 0 fully saturated rings. The molecule has 102 valence electrons. The second-order valence-corrected chi connectivity index (χ2v) is 6.03. The van der Waals surface area contributed by atoms with Crippen molar-refractivity contribution in [3.63, 3.8) is 0 Å². The van der Waals surface area contributed by atoms with Crippen molar-refractivity contribution in [2.45, 2.75) is 39.7 Å². The van der Waals surface area contributed by atoms with Crippen LogP contribution >= 0.6 is 0 Å². The fourth-order valence-corrected chi connectivity index (χ4v) is 2.26. The number of carbonyl (C=O) groups is 2. The summed E-state index contributed by atoms with van der Waals surface area (Å²) in [6.07, 6.45) is 1.71. The van der Waals surface area contributed by atoms with Gasteiger partial charge in [0, 0.05) is 5.41 Å². The molecule has 1 aliphatic rings. The maximum atomic E-state index is 12.0. The van der Waals surface area contributed by atoms with Crippen molar-refractivity contribution in [3.8, 4) is 0 Å². The van der Waals surface area contributed by atoms with Gasteiger partial charge in [0.1, 0.15) is 0 Å². The van der Waals surface area contributed by atoms with E-state index in [9.17, 15) is 9.59 Å². The zero-order chi connectivity index (χ0) is 14.2. The lowest BCUT2D eigenvalue weighted by Gasteiger charge is -2.22. The topological polar surface area (TPSA) is 66.4 Å². The highest BCUT2D eigenvalue weighted by Crippen LogP contribution is 2.32. The second-order valence-electron chi connectivity index (χ2n) is 6.03. The first kappa shape index (κ1) is 13.6. The van der Waals surface area contributed by atoms with Crippen molar-refractivity contribution in [2.24, 2.45) is 5.41 Å². The molecule has 0 aromatic heterocycles. The molecule has 2 rings (SSSR count). The summed E-state index contributed by atoms with van der Waals surface area (Å²) < 4.78 is 0. The number of hydrogen-bond donors (Lipinski definition) is 2. The number of carboxylic acids is 1. The average Bonchev–Trinajstić information content (AvgIpc) is 2.70. The molecule has 1 aromatic carbocycles. The van der Waals surface area contributed by atoms with Gasteiger partial charge in [0.15, 0.2) is 0 Å². The molecule has 0 bridgehead atoms. The van der Waals surface area contributed by atoms with Crippen molar-refractivity contribution >= 4 is 11.9 Å². The number of rotatable bonds is 2. The van der Waals surface area contributed by atoms with Crippen LogP contribution in [0.5, 0.6) is 0 Å². The third-order valence-corrected chi connectivity index (χ3v) is 3.46. The zero-order valence-electron chi connectivity index (χ0n) is 11.5. The number of benzene rings is 1. The summed E-state index contributed by atoms with van der Waals surface area (Å²) in [5, 5.41) is 12.0. The van der Waals surface area contributed by atoms with Gasteiger partial charge in [-0.15, -0.1) is 0 Å². The van der Waals surface area contributed by atoms with Crippen LogP contribution in [-0.2, 0) is 11.2 Å². The van der Waals surface area contributed by atoms with E-state index in [-0.39, 0.29) is 17.5 Å². The average molecular weight is 261 g/mol. The Hall–Kier alpha value is -1.84. The van der Waals surface area contributed by atoms with Crippen LogP contribution in [0.1, 0.15) is 54.7 Å². The van der Waals surface area contributed by atoms with Crippen LogP contribution in [0.25, 0.3) is 0 Å². The van der Waals surface area contributed by atoms with Crippen LogP contribution in [0.15, 0.2) is 18.2 Å². The summed E-state index contributed by atoms with van der Waals surface area (Å²) in [4.78, 5) is 23.0. The Morgan fingerprint density at radius 3 is 2.58 bits per heavy atom. The molecule has 0 spiro atoms. The Morgan fingerprint density at radius 2 is 2.00 bits per heavy atom. The summed E-state index contributed by atoms with van der Waals surface area (Å²) >= 11 is 0. The van der Waals surface area contributed by atoms with Gasteiger partial charge in [-0.2, -0.15) is 0 Å². The highest BCUT2D eigenvalue weighted by Gasteiger charge is 2.29. The third kappa shape index (κ3) is 2.78. The highest BCUT2D eigenvalue weighted by atomic mass is 16.4. The molecule has 4 nitrogen and oxygen atoms in total. The van der Waals surface area contributed by atoms with E-state index < -0.39 is 11.4 Å². The van der Waals surface area contributed by atoms with E-state index >= 15 is 0 Å². The van der Waals surface area contributed by atoms with Crippen molar-refractivity contribution in [3.05, 3.63) is 34.9 Å². The maximum absolute atomic E-state index is 12.0. The van der Waals surface area contributed by atoms with Crippen molar-refractivity contribution in [1.82, 2.24) is 5.32 Å². The van der Waals surface area contributed by atoms with Crippen molar-refractivity contribution in [1.29, 1.82) is 0 Å². The molecule has 0 aliphatic heterocycles. The number of aryl methyl sites for hydroxylation is 1. The molecule has 0 radical (unpaired) electrons. The van der Waals surface area contributed by atoms with Crippen LogP contribution in [0.3, 0.4) is 0 Å². The fourth-order valence-electron chi connectivity index (χ4n) is 2.26. The number of carbonyl (C=O) groups excluding carboxylic acids is 1. The molecule has 19 heavy (non-hydrogen) atoms. The number of fused-ring (bicyclic) bond motifs is 1. The molecule has 1 amide bonds. The minimum Gasteiger partial charge on any atom is -0.478 e. The summed E-state index contributed by atoms with van der Waals surface area (Å²) in [6.45, 7) is 5.60. The lowest BCUT2D eigenvalue weighted by Crippen LogP contribution is -2.36. The first-order valence-electron chi connectivity index (χ1n) is 6.46. The van der Waals surface area contributed by atoms with Gasteiger partial charge in [-0.05, 0) is 36.1 Å². The maximum Gasteiger partial charge on any atom is 0.335 e. The first-order valence-corrected chi connectivity index (χ1v) is 6.46. The van der Waals surface area contributed by atoms with Gasteiger partial charge >= 0.3 is 5.97 Å². The Balaban J connectivity index is 2.23. The quantitative estimate of drug-likeness (QED) is 0.859. The van der Waals surface area contributed by atoms with Gasteiger partial charge in [-0.3, -0.25) is 4.79 Å². The van der Waals surface area contributed by atoms with E-state index in [1.165, 1.54) is 0 Å². The molecule has 1 aliphatic carbocycles. The van der Waals surface area contributed by atoms with Crippen molar-refractivity contribution in [2.75, 3.05) is 0 Å². The van der Waals surface area contributed by atoms with E-state index in [1.54, 1.807) is 12.1 Å². The Morgan fingerprint density at radius 1 is 1.32 bits per heavy atom. The van der Waals surface area contributed by atoms with E-state index in [0.29, 0.717) is 0 Å². The molecule has 2 N–H and O–H groups in total. The molecular formula is C15H19NO3. The van der Waals surface area contributed by atoms with Gasteiger partial charge < -0.3 is 10.4 Å². The number of amides is 1. The smallest absolute Gasteiger partial charge is 0.335 e. The summed E-state index contributed by atoms with van der Waals surface area (Å²) in [5.41, 5.74) is 1.91. The molecule has 0 saturated heterocycles. The van der Waals surface area contributed by atoms with Crippen LogP contribution in [0, 0.1) is 5.41 Å². The van der Waals surface area contributed by atoms with Crippen LogP contribution in [0.2, 0.25) is 0 Å². The normalized spacial score (nSPS) is 17.9. The third-order valence-electron chi connectivity index (χ3n) is 3.46. The van der Waals surface area contributed by atoms with Crippen molar-refractivity contribution < 1.29 is 14.7 Å². The second kappa shape index (κ2) is 4.68. The predicted molar refractivity (Wildman–Crippen MR) is 72.1 cm³/mol. The Bertz CT molecular complexity index is 529. The monoisotopic (exact) mass is 261 g/mol. The molecule has 0 unspecified atom stereocenters. The van der Waals surface area contributed by atoms with E-state index in [4.69, 9.17) is 5.11 Å². The van der Waals surface area contributed by atoms with Crippen LogP contribution in [0.4, 0.5) is 0 Å². The minimum atomic E-state index is -0.935. The largest absolute Gasteiger partial charge is 0.478 e. The van der Waals surface area contributed by atoms with E-state index in [0.717, 1.165) is 24.0 Å². The molecule has 0 heterocycles. The molecular weight excluding hydrogens is 242 g/mol. The lowest BCUT2D eigenvalue weighted by molar-refractivity contribution is -0.129. The van der Waals surface area contributed by atoms with Gasteiger partial charge in [0.25, 0.3) is 0 Å². The molecule has 1 atom stereocenters. The number of nitrogens with one attached hydrogen (secondary N) is 1. The zero-order valence-corrected chi connectivity index (χ0v) is 11.5. The van der Waals surface area contributed by atoms with Gasteiger partial charge in [0.05, 0.1) is 11.6 Å². The van der Waals surface area contributed by atoms with Crippen LogP contribution < -0.4 is 5.32 Å². The Kier molecular flexibility index (Phi) is 3.35. The van der Waals surface area contributed by atoms with E-state index in [2.05, 4.69) is 5.32 Å². The molecule has 1 aromatic rings. The number of carboxylic acid groups (broad SMARTS) is 1. The standard InChI is InChI=1S/C15H19NO3/c1-15(2,3)14(19)16-12-7-6-9-4-5-10(13(17)18)8-11(9)12/h4-5,8,12H,6-7H2,1-3H3,(H,16,19)(H,17,18)/t12-/m1/s1. The van der Waals surface area contributed by atoms with Crippen LogP contribution in [-0.4, -0.2) is 17.0 Å². The number of aromatic carboxylic acids is 1. The SMILES string of the molecule is CC(C)(C)C(=O)N[C@@H]1CCc2ccc(C(=O)O)cc21. The first-order chi connectivity index (χ1) is 8.79. The van der Waals surface area contributed by atoms with Gasteiger partial charge in [-0.25, -0.2) is 4.79 Å². The van der Waals surface area contributed by atoms with E-state index in [1.807, 2.05) is 26.8 Å². The van der Waals surface area contributed by atoms with Gasteiger partial charge in [0.2, 0.25) is 5.91 Å². The lowest BCUT2D eigenvalue weighted by atomic mass is 9.94. The summed E-state index contributed by atoms with van der Waals surface area (Å²) in [6, 6.07) is 5.08. The molecule has 4 heteroatoms. The Labute approximate surface area is 112 Å². The predicted octanol–water partition coefficient (Wildman–Crippen LogP) is 2.53. The minimum absolute atomic E-state index is 0.00826. The van der Waals surface area contributed by atoms with Gasteiger partial charge in [-0.1, -0.05) is 26.8 Å². The summed E-state index contributed by atoms with van der Waals surface area (Å²) in [7, 11) is 0. The molecule has 0 saturated carbocycles. The number of hydrogen-bond acceptors (Lipinski definition) is 2.